The molecule has 0 aromatic carbocycles. The van der Waals surface area contributed by atoms with Gasteiger partial charge >= 0.3 is 0 Å². The van der Waals surface area contributed by atoms with Crippen LogP contribution >= 0.6 is 11.6 Å². The third kappa shape index (κ3) is 1.14. The number of fused-ring (bicyclic) bond motifs is 1. The molecule has 4 heteroatoms. The molecule has 1 aromatic rings. The van der Waals surface area contributed by atoms with Gasteiger partial charge in [-0.05, 0) is 19.3 Å². The highest BCUT2D eigenvalue weighted by Crippen LogP contribution is 2.43. The molecule has 1 N–H and O–H groups in total. The number of nitrogens with zero attached hydrogens (tertiary/aromatic N) is 2. The molecule has 0 saturated heterocycles. The largest absolute Gasteiger partial charge is 0.356 e. The second-order valence-electron chi connectivity index (χ2n) is 3.82. The molecule has 1 fully saturated rings. The van der Waals surface area contributed by atoms with Crippen LogP contribution in [0.4, 0.5) is 5.95 Å². The summed E-state index contributed by atoms with van der Waals surface area (Å²) in [5, 5.41) is 4.14. The van der Waals surface area contributed by atoms with Crippen LogP contribution in [0.25, 0.3) is 0 Å². The second-order valence-corrected chi connectivity index (χ2v) is 4.18. The molecule has 13 heavy (non-hydrogen) atoms. The van der Waals surface area contributed by atoms with E-state index < -0.39 is 0 Å². The van der Waals surface area contributed by atoms with E-state index in [9.17, 15) is 0 Å². The molecule has 0 amide bonds. The molecule has 0 radical (unpaired) electrons. The molecule has 0 spiro atoms. The molecule has 70 valence electrons. The third-order valence-corrected chi connectivity index (χ3v) is 3.13. The normalized spacial score (nSPS) is 21.0. The lowest BCUT2D eigenvalue weighted by Crippen LogP contribution is -2.17. The predicted molar refractivity (Wildman–Crippen MR) is 52.3 cm³/mol. The lowest BCUT2D eigenvalue weighted by molar-refractivity contribution is 0.628. The molecule has 3 nitrogen and oxygen atoms in total. The van der Waals surface area contributed by atoms with Gasteiger partial charge in [-0.3, -0.25) is 0 Å². The second kappa shape index (κ2) is 2.64. The first-order valence-electron chi connectivity index (χ1n) is 4.86. The Labute approximate surface area is 82.1 Å². The zero-order valence-corrected chi connectivity index (χ0v) is 8.14. The zero-order valence-electron chi connectivity index (χ0n) is 7.39. The monoisotopic (exact) mass is 197 g/mol. The average molecular weight is 198 g/mol. The van der Waals surface area contributed by atoms with Crippen molar-refractivity contribution in [1.29, 1.82) is 0 Å². The van der Waals surface area contributed by atoms with E-state index in [2.05, 4.69) is 14.9 Å². The molecule has 0 unspecified atom stereocenters. The highest BCUT2D eigenvalue weighted by molar-refractivity contribution is 6.30. The molecular weight excluding hydrogens is 186 g/mol. The Balaban J connectivity index is 2.06. The average Bonchev–Trinajstić information content (AvgIpc) is 2.94. The van der Waals surface area contributed by atoms with Crippen LogP contribution in [0.3, 0.4) is 0 Å². The number of rotatable bonds is 1. The Kier molecular flexibility index (Phi) is 1.56. The summed E-state index contributed by atoms with van der Waals surface area (Å²) >= 11 is 6.24. The smallest absolute Gasteiger partial charge is 0.204 e. The molecule has 1 aromatic heterocycles. The molecule has 2 aliphatic rings. The van der Waals surface area contributed by atoms with Crippen LogP contribution in [0.1, 0.15) is 30.9 Å². The van der Waals surface area contributed by atoms with Crippen LogP contribution in [0, 0.1) is 0 Å². The predicted octanol–water partition coefficient (Wildman–Crippen LogP) is 2.23. The van der Waals surface area contributed by atoms with Crippen molar-refractivity contribution in [3.8, 4) is 0 Å². The van der Waals surface area contributed by atoms with Gasteiger partial charge in [0.2, 0.25) is 5.95 Å². The Morgan fingerprint density at radius 2 is 2.31 bits per heavy atom. The standard InChI is InChI=1S/C9H12ClN3/c10-8-7(6-2-3-6)12-9-11-4-1-5-13(8)9/h6H,1-5H2,(H,11,12). The molecule has 1 aliphatic carbocycles. The maximum absolute atomic E-state index is 6.24. The number of nitrogens with one attached hydrogen (secondary N) is 1. The first-order valence-corrected chi connectivity index (χ1v) is 5.24. The maximum atomic E-state index is 6.24. The van der Waals surface area contributed by atoms with Crippen LogP contribution in [0.15, 0.2) is 0 Å². The van der Waals surface area contributed by atoms with Crippen LogP contribution in [-0.2, 0) is 6.54 Å². The molecular formula is C9H12ClN3. The van der Waals surface area contributed by atoms with Crippen LogP contribution in [0.2, 0.25) is 5.15 Å². The summed E-state index contributed by atoms with van der Waals surface area (Å²) in [5.74, 6) is 1.62. The van der Waals surface area contributed by atoms with Crippen LogP contribution in [0.5, 0.6) is 0 Å². The van der Waals surface area contributed by atoms with Gasteiger partial charge in [0.15, 0.2) is 0 Å². The summed E-state index contributed by atoms with van der Waals surface area (Å²) < 4.78 is 2.10. The van der Waals surface area contributed by atoms with E-state index >= 15 is 0 Å². The van der Waals surface area contributed by atoms with Crippen molar-refractivity contribution in [2.24, 2.45) is 0 Å². The van der Waals surface area contributed by atoms with Crippen LogP contribution in [-0.4, -0.2) is 16.1 Å². The SMILES string of the molecule is Clc1c(C2CC2)nc2n1CCCN2. The van der Waals surface area contributed by atoms with Crippen molar-refractivity contribution in [3.05, 3.63) is 10.8 Å². The van der Waals surface area contributed by atoms with Gasteiger partial charge in [-0.15, -0.1) is 0 Å². The van der Waals surface area contributed by atoms with E-state index in [1.54, 1.807) is 0 Å². The Bertz CT molecular complexity index is 341. The fourth-order valence-corrected chi connectivity index (χ4v) is 2.21. The fourth-order valence-electron chi connectivity index (χ4n) is 1.84. The zero-order chi connectivity index (χ0) is 8.84. The number of hydrogen-bond acceptors (Lipinski definition) is 2. The summed E-state index contributed by atoms with van der Waals surface area (Å²) in [6.07, 6.45) is 3.67. The van der Waals surface area contributed by atoms with Crippen LogP contribution < -0.4 is 5.32 Å². The van der Waals surface area contributed by atoms with E-state index in [1.165, 1.54) is 12.8 Å². The number of hydrogen-bond donors (Lipinski definition) is 1. The minimum atomic E-state index is 0.646. The molecule has 3 rings (SSSR count). The Morgan fingerprint density at radius 1 is 1.46 bits per heavy atom. The Hall–Kier alpha value is -0.700. The van der Waals surface area contributed by atoms with Gasteiger partial charge in [0.1, 0.15) is 5.15 Å². The van der Waals surface area contributed by atoms with E-state index in [1.807, 2.05) is 0 Å². The molecule has 1 aliphatic heterocycles. The van der Waals surface area contributed by atoms with Crippen molar-refractivity contribution in [3.63, 3.8) is 0 Å². The highest BCUT2D eigenvalue weighted by atomic mass is 35.5. The van der Waals surface area contributed by atoms with Crippen molar-refractivity contribution >= 4 is 17.5 Å². The molecule has 0 atom stereocenters. The minimum Gasteiger partial charge on any atom is -0.356 e. The van der Waals surface area contributed by atoms with Gasteiger partial charge in [-0.25, -0.2) is 4.98 Å². The van der Waals surface area contributed by atoms with Crippen molar-refractivity contribution < 1.29 is 0 Å². The van der Waals surface area contributed by atoms with E-state index in [4.69, 9.17) is 11.6 Å². The lowest BCUT2D eigenvalue weighted by Gasteiger charge is -2.15. The van der Waals surface area contributed by atoms with Crippen molar-refractivity contribution in [2.75, 3.05) is 11.9 Å². The van der Waals surface area contributed by atoms with Crippen molar-refractivity contribution in [2.45, 2.75) is 31.7 Å². The third-order valence-electron chi connectivity index (χ3n) is 2.74. The van der Waals surface area contributed by atoms with Gasteiger partial charge in [-0.1, -0.05) is 11.6 Å². The molecule has 1 saturated carbocycles. The van der Waals surface area contributed by atoms with Crippen molar-refractivity contribution in [1.82, 2.24) is 9.55 Å². The van der Waals surface area contributed by atoms with Gasteiger partial charge in [0.05, 0.1) is 5.69 Å². The van der Waals surface area contributed by atoms with E-state index in [0.717, 1.165) is 36.3 Å². The molecule has 2 heterocycles. The van der Waals surface area contributed by atoms with Gasteiger partial charge < -0.3 is 9.88 Å². The summed E-state index contributed by atoms with van der Waals surface area (Å²) in [6.45, 7) is 2.04. The quantitative estimate of drug-likeness (QED) is 0.749. The first-order chi connectivity index (χ1) is 6.36. The highest BCUT2D eigenvalue weighted by Gasteiger charge is 2.31. The van der Waals surface area contributed by atoms with E-state index in [0.29, 0.717) is 5.92 Å². The number of halogens is 1. The van der Waals surface area contributed by atoms with Gasteiger partial charge in [-0.2, -0.15) is 0 Å². The number of anilines is 1. The fraction of sp³-hybridized carbons (Fsp3) is 0.667. The lowest BCUT2D eigenvalue weighted by atomic mass is 10.3. The summed E-state index contributed by atoms with van der Waals surface area (Å²) in [7, 11) is 0. The first kappa shape index (κ1) is 7.68. The topological polar surface area (TPSA) is 29.9 Å². The summed E-state index contributed by atoms with van der Waals surface area (Å²) in [4.78, 5) is 4.53. The number of aromatic nitrogens is 2. The molecule has 0 bridgehead atoms. The Morgan fingerprint density at radius 3 is 3.00 bits per heavy atom. The number of imidazole rings is 1. The van der Waals surface area contributed by atoms with Gasteiger partial charge in [0, 0.05) is 19.0 Å². The summed E-state index contributed by atoms with van der Waals surface area (Å²) in [6, 6.07) is 0. The maximum Gasteiger partial charge on any atom is 0.204 e. The minimum absolute atomic E-state index is 0.646. The summed E-state index contributed by atoms with van der Waals surface area (Å²) in [5.41, 5.74) is 1.12. The van der Waals surface area contributed by atoms with E-state index in [-0.39, 0.29) is 0 Å². The van der Waals surface area contributed by atoms with Gasteiger partial charge in [0.25, 0.3) is 0 Å².